The number of alkyl halides is 3. The van der Waals surface area contributed by atoms with Gasteiger partial charge in [-0.2, -0.15) is 18.3 Å². The van der Waals surface area contributed by atoms with Crippen LogP contribution in [0.5, 0.6) is 0 Å². The summed E-state index contributed by atoms with van der Waals surface area (Å²) >= 11 is 0. The molecule has 26 heavy (non-hydrogen) atoms. The molecular weight excluding hydrogens is 349 g/mol. The number of hydrogen-bond acceptors (Lipinski definition) is 5. The van der Waals surface area contributed by atoms with Gasteiger partial charge in [0.15, 0.2) is 5.69 Å². The van der Waals surface area contributed by atoms with Gasteiger partial charge in [0, 0.05) is 18.0 Å². The van der Waals surface area contributed by atoms with Crippen molar-refractivity contribution in [1.82, 2.24) is 25.5 Å². The van der Waals surface area contributed by atoms with Crippen molar-refractivity contribution in [3.8, 4) is 0 Å². The average Bonchev–Trinajstić information content (AvgIpc) is 3.11. The molecule has 1 atom stereocenters. The lowest BCUT2D eigenvalue weighted by Crippen LogP contribution is -2.26. The molecule has 0 aliphatic carbocycles. The highest BCUT2D eigenvalue weighted by molar-refractivity contribution is 5.99. The van der Waals surface area contributed by atoms with E-state index in [4.69, 9.17) is 0 Å². The maximum Gasteiger partial charge on any atom is 0.435 e. The summed E-state index contributed by atoms with van der Waals surface area (Å²) in [7, 11) is 1.73. The Morgan fingerprint density at radius 3 is 2.65 bits per heavy atom. The topological polar surface area (TPSA) is 95.6 Å². The molecule has 2 aromatic heterocycles. The van der Waals surface area contributed by atoms with Gasteiger partial charge in [-0.05, 0) is 31.2 Å². The van der Waals surface area contributed by atoms with Crippen molar-refractivity contribution in [2.24, 2.45) is 0 Å². The Labute approximate surface area is 146 Å². The van der Waals surface area contributed by atoms with Gasteiger partial charge in [0.05, 0.1) is 17.3 Å². The quantitative estimate of drug-likeness (QED) is 0.662. The number of benzene rings is 1. The molecule has 10 heteroatoms. The summed E-state index contributed by atoms with van der Waals surface area (Å²) in [6, 6.07) is 5.09. The number of rotatable bonds is 4. The smallest absolute Gasteiger partial charge is 0.373 e. The largest absolute Gasteiger partial charge is 0.435 e. The predicted molar refractivity (Wildman–Crippen MR) is 88.6 cm³/mol. The first-order chi connectivity index (χ1) is 12.3. The van der Waals surface area contributed by atoms with Crippen molar-refractivity contribution in [1.29, 1.82) is 0 Å². The van der Waals surface area contributed by atoms with Crippen LogP contribution in [0.2, 0.25) is 0 Å². The third-order valence-electron chi connectivity index (χ3n) is 3.84. The van der Waals surface area contributed by atoms with E-state index in [9.17, 15) is 18.0 Å². The molecule has 1 unspecified atom stereocenters. The van der Waals surface area contributed by atoms with Crippen LogP contribution < -0.4 is 10.6 Å². The Balaban J connectivity index is 1.79. The van der Waals surface area contributed by atoms with E-state index in [1.807, 2.05) is 0 Å². The molecular formula is C16H15F3N6O. The van der Waals surface area contributed by atoms with E-state index in [1.165, 1.54) is 6.33 Å². The Kier molecular flexibility index (Phi) is 4.49. The van der Waals surface area contributed by atoms with Gasteiger partial charge in [-0.3, -0.25) is 9.89 Å². The highest BCUT2D eigenvalue weighted by atomic mass is 19.4. The van der Waals surface area contributed by atoms with Gasteiger partial charge in [-0.1, -0.05) is 0 Å². The maximum atomic E-state index is 12.6. The van der Waals surface area contributed by atoms with E-state index in [1.54, 1.807) is 32.2 Å². The molecule has 136 valence electrons. The molecule has 0 saturated heterocycles. The number of hydrogen-bond donors (Lipinski definition) is 3. The van der Waals surface area contributed by atoms with E-state index < -0.39 is 23.8 Å². The highest BCUT2D eigenvalue weighted by Gasteiger charge is 2.34. The molecule has 0 aliphatic heterocycles. The zero-order valence-electron chi connectivity index (χ0n) is 13.8. The summed E-state index contributed by atoms with van der Waals surface area (Å²) in [5.74, 6) is 0.194. The lowest BCUT2D eigenvalue weighted by molar-refractivity contribution is -0.141. The summed E-state index contributed by atoms with van der Waals surface area (Å²) in [5, 5.41) is 11.8. The minimum absolute atomic E-state index is 0.159. The third kappa shape index (κ3) is 3.44. The van der Waals surface area contributed by atoms with Gasteiger partial charge in [-0.25, -0.2) is 9.97 Å². The zero-order valence-corrected chi connectivity index (χ0v) is 13.8. The molecule has 0 bridgehead atoms. The fourth-order valence-corrected chi connectivity index (χ4v) is 2.46. The molecule has 0 saturated carbocycles. The van der Waals surface area contributed by atoms with Crippen LogP contribution in [0.3, 0.4) is 0 Å². The molecule has 2 heterocycles. The first-order valence-electron chi connectivity index (χ1n) is 7.65. The molecule has 0 aliphatic rings. The van der Waals surface area contributed by atoms with E-state index in [2.05, 4.69) is 30.8 Å². The molecule has 3 N–H and O–H groups in total. The Morgan fingerprint density at radius 1 is 1.23 bits per heavy atom. The van der Waals surface area contributed by atoms with Crippen LogP contribution in [0.4, 0.5) is 19.0 Å². The first kappa shape index (κ1) is 17.6. The predicted octanol–water partition coefficient (Wildman–Crippen LogP) is 2.90. The van der Waals surface area contributed by atoms with Gasteiger partial charge in [0.1, 0.15) is 12.1 Å². The summed E-state index contributed by atoms with van der Waals surface area (Å²) in [6.45, 7) is 1.56. The molecule has 1 amide bonds. The normalized spacial score (nSPS) is 12.8. The van der Waals surface area contributed by atoms with Crippen LogP contribution in [0, 0.1) is 0 Å². The molecule has 0 fully saturated rings. The van der Waals surface area contributed by atoms with Crippen molar-refractivity contribution in [2.45, 2.75) is 19.1 Å². The second-order valence-electron chi connectivity index (χ2n) is 5.61. The van der Waals surface area contributed by atoms with E-state index >= 15 is 0 Å². The minimum Gasteiger partial charge on any atom is -0.373 e. The number of H-pyrrole nitrogens is 1. The van der Waals surface area contributed by atoms with Crippen LogP contribution in [-0.2, 0) is 6.18 Å². The third-order valence-corrected chi connectivity index (χ3v) is 3.84. The van der Waals surface area contributed by atoms with Crippen molar-refractivity contribution in [3.63, 3.8) is 0 Å². The van der Waals surface area contributed by atoms with Gasteiger partial charge in [0.2, 0.25) is 0 Å². The van der Waals surface area contributed by atoms with Crippen LogP contribution in [-0.4, -0.2) is 33.1 Å². The molecule has 3 rings (SSSR count). The Morgan fingerprint density at radius 2 is 2.00 bits per heavy atom. The summed E-state index contributed by atoms with van der Waals surface area (Å²) in [4.78, 5) is 20.6. The van der Waals surface area contributed by atoms with E-state index in [-0.39, 0.29) is 5.69 Å². The number of amides is 1. The summed E-state index contributed by atoms with van der Waals surface area (Å²) in [6.07, 6.45) is -3.16. The first-order valence-corrected chi connectivity index (χ1v) is 7.65. The van der Waals surface area contributed by atoms with Gasteiger partial charge >= 0.3 is 6.18 Å². The number of fused-ring (bicyclic) bond motifs is 1. The average molecular weight is 364 g/mol. The summed E-state index contributed by atoms with van der Waals surface area (Å²) in [5.41, 5.74) is 0.0353. The molecule has 0 spiro atoms. The standard InChI is InChI=1S/C16H15F3N6O/c1-8(11-6-13(25-24-11)16(17,18)19)23-15(26)9-3-4-10-12(5-9)21-7-22-14(10)20-2/h3-8H,1-2H3,(H,23,26)(H,24,25)(H,20,21,22). The number of carbonyl (C=O) groups excluding carboxylic acids is 1. The number of nitrogens with zero attached hydrogens (tertiary/aromatic N) is 3. The molecule has 7 nitrogen and oxygen atoms in total. The lowest BCUT2D eigenvalue weighted by atomic mass is 10.1. The number of halogens is 3. The number of carbonyl (C=O) groups is 1. The Hall–Kier alpha value is -3.17. The van der Waals surface area contributed by atoms with Gasteiger partial charge in [0.25, 0.3) is 5.91 Å². The second-order valence-corrected chi connectivity index (χ2v) is 5.61. The number of aromatic amines is 1. The minimum atomic E-state index is -4.54. The van der Waals surface area contributed by atoms with Crippen LogP contribution in [0.15, 0.2) is 30.6 Å². The van der Waals surface area contributed by atoms with Crippen LogP contribution in [0.1, 0.15) is 34.7 Å². The molecule has 0 radical (unpaired) electrons. The zero-order chi connectivity index (χ0) is 18.9. The Bertz CT molecular complexity index is 953. The maximum absolute atomic E-state index is 12.6. The van der Waals surface area contributed by atoms with Crippen molar-refractivity contribution in [3.05, 3.63) is 47.5 Å². The fourth-order valence-electron chi connectivity index (χ4n) is 2.46. The SMILES string of the molecule is CNc1ncnc2cc(C(=O)NC(C)c3cc(C(F)(F)F)n[nH]3)ccc12. The van der Waals surface area contributed by atoms with Crippen molar-refractivity contribution < 1.29 is 18.0 Å². The van der Waals surface area contributed by atoms with Crippen LogP contribution >= 0.6 is 0 Å². The van der Waals surface area contributed by atoms with Gasteiger partial charge in [-0.15, -0.1) is 0 Å². The highest BCUT2D eigenvalue weighted by Crippen LogP contribution is 2.29. The van der Waals surface area contributed by atoms with Crippen molar-refractivity contribution in [2.75, 3.05) is 12.4 Å². The molecule has 1 aromatic carbocycles. The molecule has 3 aromatic rings. The second kappa shape index (κ2) is 6.62. The number of aromatic nitrogens is 4. The monoisotopic (exact) mass is 364 g/mol. The summed E-state index contributed by atoms with van der Waals surface area (Å²) < 4.78 is 37.8. The fraction of sp³-hybridized carbons (Fsp3) is 0.250. The lowest BCUT2D eigenvalue weighted by Gasteiger charge is -2.12. The van der Waals surface area contributed by atoms with E-state index in [0.717, 1.165) is 11.5 Å². The number of anilines is 1. The van der Waals surface area contributed by atoms with Gasteiger partial charge < -0.3 is 10.6 Å². The van der Waals surface area contributed by atoms with Crippen molar-refractivity contribution >= 4 is 22.6 Å². The van der Waals surface area contributed by atoms with Crippen LogP contribution in [0.25, 0.3) is 10.9 Å². The van der Waals surface area contributed by atoms with E-state index in [0.29, 0.717) is 16.9 Å². The number of nitrogens with one attached hydrogen (secondary N) is 3.